The number of hydrogen-bond acceptors (Lipinski definition) is 6. The fourth-order valence-corrected chi connectivity index (χ4v) is 7.92. The van der Waals surface area contributed by atoms with Crippen molar-refractivity contribution < 1.29 is 19.1 Å². The lowest BCUT2D eigenvalue weighted by Crippen LogP contribution is -2.41. The highest BCUT2D eigenvalue weighted by Crippen LogP contribution is 2.50. The summed E-state index contributed by atoms with van der Waals surface area (Å²) in [6.07, 6.45) is 0. The number of benzene rings is 6. The van der Waals surface area contributed by atoms with E-state index >= 15 is 0 Å². The van der Waals surface area contributed by atoms with Crippen LogP contribution in [0.4, 0.5) is 0 Å². The van der Waals surface area contributed by atoms with Gasteiger partial charge in [-0.1, -0.05) is 12.1 Å². The maximum absolute atomic E-state index is 14.2. The fourth-order valence-electron chi connectivity index (χ4n) is 7.92. The van der Waals surface area contributed by atoms with Crippen LogP contribution in [0.1, 0.15) is 43.0 Å². The molecule has 0 atom stereocenters. The minimum Gasteiger partial charge on any atom is -0.446 e. The molecule has 2 amide bonds. The summed E-state index contributed by atoms with van der Waals surface area (Å²) in [6, 6.07) is 15.5. The molecule has 0 radical (unpaired) electrons. The molecule has 0 saturated heterocycles. The van der Waals surface area contributed by atoms with Gasteiger partial charge in [0.1, 0.15) is 5.65 Å². The van der Waals surface area contributed by atoms with Gasteiger partial charge in [0.25, 0.3) is 23.8 Å². The van der Waals surface area contributed by atoms with E-state index < -0.39 is 18.5 Å². The molecule has 2 aromatic heterocycles. The summed E-state index contributed by atoms with van der Waals surface area (Å²) < 4.78 is 6.57. The normalized spacial score (nSPS) is 13.8. The van der Waals surface area contributed by atoms with E-state index in [1.54, 1.807) is 4.40 Å². The number of pyridine rings is 1. The van der Waals surface area contributed by atoms with E-state index in [0.717, 1.165) is 81.3 Å². The molecule has 1 aliphatic heterocycles. The van der Waals surface area contributed by atoms with Crippen molar-refractivity contribution in [1.29, 1.82) is 0 Å². The van der Waals surface area contributed by atoms with Gasteiger partial charge in [0.05, 0.1) is 11.0 Å². The van der Waals surface area contributed by atoms with Crippen LogP contribution in [0, 0.1) is 27.7 Å². The molecule has 0 fully saturated rings. The van der Waals surface area contributed by atoms with Crippen LogP contribution < -0.4 is 5.56 Å². The first-order valence-electron chi connectivity index (χ1n) is 14.4. The summed E-state index contributed by atoms with van der Waals surface area (Å²) >= 11 is 0. The number of rotatable bonds is 3. The number of ether oxygens (including phenoxy) is 1. The SMILES string of the molecule is Cc1cc2c3c(cc(C)c4c5c(C)cc6c7c(cc(C)c(c1c34)c57)c(=O)n1c3ccccc3nc61)C(=O)N(COC=O)C2=O. The monoisotopic (exact) mass is 577 g/mol. The lowest BCUT2D eigenvalue weighted by atomic mass is 9.79. The molecule has 0 saturated carbocycles. The highest BCUT2D eigenvalue weighted by molar-refractivity contribution is 6.42. The van der Waals surface area contributed by atoms with Crippen molar-refractivity contribution in [3.8, 4) is 0 Å². The Morgan fingerprint density at radius 2 is 1.23 bits per heavy atom. The topological polar surface area (TPSA) is 98.1 Å². The van der Waals surface area contributed by atoms with Crippen molar-refractivity contribution in [2.24, 2.45) is 0 Å². The lowest BCUT2D eigenvalue weighted by Gasteiger charge is -2.29. The number of hydrogen-bond donors (Lipinski definition) is 0. The van der Waals surface area contributed by atoms with Gasteiger partial charge in [0.15, 0.2) is 6.73 Å². The van der Waals surface area contributed by atoms with Crippen LogP contribution in [0.3, 0.4) is 0 Å². The minimum absolute atomic E-state index is 0.107. The predicted molar refractivity (Wildman–Crippen MR) is 170 cm³/mol. The predicted octanol–water partition coefficient (Wildman–Crippen LogP) is 6.45. The molecule has 0 spiro atoms. The molecule has 0 aliphatic carbocycles. The Morgan fingerprint density at radius 3 is 1.84 bits per heavy atom. The molecule has 8 heteroatoms. The third-order valence-electron chi connectivity index (χ3n) is 9.56. The number of amides is 2. The Hall–Kier alpha value is -5.63. The average molecular weight is 578 g/mol. The van der Waals surface area contributed by atoms with Crippen molar-refractivity contribution in [3.05, 3.63) is 92.3 Å². The molecule has 8 nitrogen and oxygen atoms in total. The Labute approximate surface area is 248 Å². The molecule has 3 heterocycles. The second-order valence-electron chi connectivity index (χ2n) is 12.0. The van der Waals surface area contributed by atoms with E-state index in [-0.39, 0.29) is 12.0 Å². The van der Waals surface area contributed by atoms with E-state index in [0.29, 0.717) is 27.5 Å². The molecular weight excluding hydrogens is 554 g/mol. The third kappa shape index (κ3) is 2.72. The summed E-state index contributed by atoms with van der Waals surface area (Å²) in [4.78, 5) is 58.4. The van der Waals surface area contributed by atoms with E-state index in [1.165, 1.54) is 0 Å². The molecular formula is C36H23N3O5. The van der Waals surface area contributed by atoms with Crippen LogP contribution in [-0.2, 0) is 9.53 Å². The van der Waals surface area contributed by atoms with Crippen molar-refractivity contribution in [2.45, 2.75) is 27.7 Å². The van der Waals surface area contributed by atoms with Crippen LogP contribution in [0.2, 0.25) is 0 Å². The van der Waals surface area contributed by atoms with Gasteiger partial charge in [0.2, 0.25) is 0 Å². The van der Waals surface area contributed by atoms with Gasteiger partial charge in [-0.15, -0.1) is 0 Å². The molecule has 0 bridgehead atoms. The first kappa shape index (κ1) is 24.9. The van der Waals surface area contributed by atoms with E-state index in [9.17, 15) is 19.2 Å². The average Bonchev–Trinajstić information content (AvgIpc) is 3.40. The second kappa shape index (κ2) is 8.05. The summed E-state index contributed by atoms with van der Waals surface area (Å²) in [6.45, 7) is 7.82. The largest absolute Gasteiger partial charge is 0.446 e. The highest BCUT2D eigenvalue weighted by atomic mass is 16.5. The van der Waals surface area contributed by atoms with Gasteiger partial charge in [-0.2, -0.15) is 0 Å². The zero-order valence-electron chi connectivity index (χ0n) is 24.3. The molecule has 0 N–H and O–H groups in total. The second-order valence-corrected chi connectivity index (χ2v) is 12.0. The summed E-state index contributed by atoms with van der Waals surface area (Å²) in [5, 5.41) is 8.81. The standard InChI is InChI=1S/C36H23N3O5/c1-15-9-19-29-22(36(43)39-24-8-6-5-7-23(24)37-33(19)39)12-18(4)26-28-17(3)11-21-30-20(34(41)38(35(21)42)13-44-14-40)10-16(2)27(32(28)30)25(15)31(26)29/h5-12,14H,13H2,1-4H3. The molecule has 8 aromatic rings. The van der Waals surface area contributed by atoms with Crippen LogP contribution in [0.5, 0.6) is 0 Å². The number of carbonyl (C=O) groups excluding carboxylic acids is 3. The molecule has 1 aliphatic rings. The van der Waals surface area contributed by atoms with Crippen molar-refractivity contribution in [1.82, 2.24) is 14.3 Å². The number of aromatic nitrogens is 2. The Morgan fingerprint density at radius 1 is 0.682 bits per heavy atom. The maximum Gasteiger partial charge on any atom is 0.294 e. The molecule has 9 rings (SSSR count). The van der Waals surface area contributed by atoms with Gasteiger partial charge >= 0.3 is 0 Å². The summed E-state index contributed by atoms with van der Waals surface area (Å²) in [5.74, 6) is -0.995. The number of imidazole rings is 1. The van der Waals surface area contributed by atoms with E-state index in [4.69, 9.17) is 9.72 Å². The molecule has 212 valence electrons. The third-order valence-corrected chi connectivity index (χ3v) is 9.56. The minimum atomic E-state index is -0.497. The number of para-hydroxylation sites is 2. The smallest absolute Gasteiger partial charge is 0.294 e. The van der Waals surface area contributed by atoms with E-state index in [2.05, 4.69) is 13.0 Å². The maximum atomic E-state index is 14.2. The number of aryl methyl sites for hydroxylation is 4. The first-order valence-corrected chi connectivity index (χ1v) is 14.4. The zero-order valence-corrected chi connectivity index (χ0v) is 24.3. The Kier molecular flexibility index (Phi) is 4.56. The van der Waals surface area contributed by atoms with Gasteiger partial charge in [0, 0.05) is 32.7 Å². The number of carbonyl (C=O) groups is 3. The van der Waals surface area contributed by atoms with Crippen LogP contribution in [0.15, 0.2) is 53.3 Å². The first-order chi connectivity index (χ1) is 21.2. The molecule has 6 aromatic carbocycles. The molecule has 0 unspecified atom stereocenters. The quantitative estimate of drug-likeness (QED) is 0.104. The number of imide groups is 1. The van der Waals surface area contributed by atoms with Gasteiger partial charge in [-0.25, -0.2) is 9.88 Å². The summed E-state index contributed by atoms with van der Waals surface area (Å²) in [7, 11) is 0. The zero-order chi connectivity index (χ0) is 30.3. The Bertz CT molecular complexity index is 2660. The van der Waals surface area contributed by atoms with Crippen molar-refractivity contribution >= 4 is 88.8 Å². The number of fused-ring (bicyclic) bond motifs is 6. The van der Waals surface area contributed by atoms with Crippen molar-refractivity contribution in [3.63, 3.8) is 0 Å². The van der Waals surface area contributed by atoms with E-state index in [1.807, 2.05) is 63.2 Å². The van der Waals surface area contributed by atoms with Crippen LogP contribution in [0.25, 0.3) is 70.5 Å². The summed E-state index contributed by atoms with van der Waals surface area (Å²) in [5.41, 5.74) is 6.58. The lowest BCUT2D eigenvalue weighted by molar-refractivity contribution is -0.131. The highest BCUT2D eigenvalue weighted by Gasteiger charge is 2.36. The van der Waals surface area contributed by atoms with Gasteiger partial charge in [-0.05, 0) is 119 Å². The van der Waals surface area contributed by atoms with Crippen molar-refractivity contribution in [2.75, 3.05) is 6.73 Å². The fraction of sp³-hybridized carbons (Fsp3) is 0.139. The molecule has 44 heavy (non-hydrogen) atoms. The van der Waals surface area contributed by atoms with Gasteiger partial charge < -0.3 is 4.74 Å². The number of nitrogens with zero attached hydrogens (tertiary/aromatic N) is 3. The van der Waals surface area contributed by atoms with Crippen LogP contribution in [-0.4, -0.2) is 39.3 Å². The van der Waals surface area contributed by atoms with Gasteiger partial charge in [-0.3, -0.25) is 23.6 Å². The van der Waals surface area contributed by atoms with Crippen LogP contribution >= 0.6 is 0 Å². The Balaban J connectivity index is 1.56.